The maximum absolute atomic E-state index is 12.4. The van der Waals surface area contributed by atoms with Crippen molar-refractivity contribution in [3.05, 3.63) is 48.0 Å². The monoisotopic (exact) mass is 370 g/mol. The summed E-state index contributed by atoms with van der Waals surface area (Å²) in [5, 5.41) is 5.70. The van der Waals surface area contributed by atoms with Gasteiger partial charge in [0.2, 0.25) is 5.91 Å². The summed E-state index contributed by atoms with van der Waals surface area (Å²) >= 11 is 0. The zero-order chi connectivity index (χ0) is 19.8. The topological polar surface area (TPSA) is 76.7 Å². The Labute approximate surface area is 159 Å². The van der Waals surface area contributed by atoms with Crippen LogP contribution in [0.1, 0.15) is 37.0 Å². The number of benzene rings is 2. The van der Waals surface area contributed by atoms with Crippen molar-refractivity contribution in [2.24, 2.45) is 5.92 Å². The van der Waals surface area contributed by atoms with Gasteiger partial charge < -0.3 is 20.1 Å². The molecule has 0 aromatic heterocycles. The Hall–Kier alpha value is -3.02. The number of nitrogens with one attached hydrogen (secondary N) is 2. The first-order valence-corrected chi connectivity index (χ1v) is 8.93. The first-order chi connectivity index (χ1) is 13.0. The molecular weight excluding hydrogens is 344 g/mol. The van der Waals surface area contributed by atoms with E-state index >= 15 is 0 Å². The maximum atomic E-state index is 12.4. The Morgan fingerprint density at radius 2 is 1.52 bits per heavy atom. The third-order valence-corrected chi connectivity index (χ3v) is 4.23. The molecule has 27 heavy (non-hydrogen) atoms. The fourth-order valence-electron chi connectivity index (χ4n) is 2.70. The highest BCUT2D eigenvalue weighted by Gasteiger charge is 2.18. The quantitative estimate of drug-likeness (QED) is 0.725. The predicted octanol–water partition coefficient (Wildman–Crippen LogP) is 4.33. The zero-order valence-electron chi connectivity index (χ0n) is 16.2. The molecule has 0 bridgehead atoms. The van der Waals surface area contributed by atoms with Gasteiger partial charge >= 0.3 is 0 Å². The molecule has 0 saturated carbocycles. The van der Waals surface area contributed by atoms with E-state index < -0.39 is 0 Å². The highest BCUT2D eigenvalue weighted by atomic mass is 16.5. The largest absolute Gasteiger partial charge is 0.494 e. The minimum atomic E-state index is -0.260. The summed E-state index contributed by atoms with van der Waals surface area (Å²) in [4.78, 5) is 24.8. The first-order valence-electron chi connectivity index (χ1n) is 8.93. The lowest BCUT2D eigenvalue weighted by Gasteiger charge is -2.17. The van der Waals surface area contributed by atoms with Crippen LogP contribution in [0.4, 0.5) is 11.4 Å². The summed E-state index contributed by atoms with van der Waals surface area (Å²) < 4.78 is 10.8. The van der Waals surface area contributed by atoms with Gasteiger partial charge in [-0.15, -0.1) is 0 Å². The molecule has 0 spiro atoms. The molecule has 0 aliphatic heterocycles. The third kappa shape index (κ3) is 5.23. The number of hydrogen-bond donors (Lipinski definition) is 2. The van der Waals surface area contributed by atoms with Crippen LogP contribution in [0.5, 0.6) is 11.5 Å². The Bertz CT molecular complexity index is 790. The van der Waals surface area contributed by atoms with E-state index in [1.54, 1.807) is 36.4 Å². The average Bonchev–Trinajstić information content (AvgIpc) is 2.69. The maximum Gasteiger partial charge on any atom is 0.255 e. The molecule has 0 aliphatic carbocycles. The van der Waals surface area contributed by atoms with Crippen LogP contribution in [0.2, 0.25) is 0 Å². The van der Waals surface area contributed by atoms with E-state index in [1.165, 1.54) is 14.2 Å². The van der Waals surface area contributed by atoms with E-state index in [9.17, 15) is 9.59 Å². The Morgan fingerprint density at radius 3 is 2.04 bits per heavy atom. The van der Waals surface area contributed by atoms with Gasteiger partial charge in [-0.05, 0) is 18.6 Å². The highest BCUT2D eigenvalue weighted by Crippen LogP contribution is 2.37. The fourth-order valence-corrected chi connectivity index (χ4v) is 2.70. The molecule has 2 aromatic carbocycles. The van der Waals surface area contributed by atoms with E-state index in [-0.39, 0.29) is 17.7 Å². The molecule has 2 rings (SSSR count). The molecule has 0 radical (unpaired) electrons. The normalized spacial score (nSPS) is 11.4. The van der Waals surface area contributed by atoms with E-state index in [1.807, 2.05) is 19.9 Å². The Kier molecular flexibility index (Phi) is 7.23. The summed E-state index contributed by atoms with van der Waals surface area (Å²) in [7, 11) is 3.01. The van der Waals surface area contributed by atoms with Crippen molar-refractivity contribution in [2.45, 2.75) is 26.7 Å². The molecule has 0 heterocycles. The van der Waals surface area contributed by atoms with E-state index in [0.29, 0.717) is 28.4 Å². The number of carbonyl (C=O) groups is 2. The highest BCUT2D eigenvalue weighted by molar-refractivity contribution is 6.05. The van der Waals surface area contributed by atoms with Crippen LogP contribution >= 0.6 is 0 Å². The zero-order valence-corrected chi connectivity index (χ0v) is 16.2. The third-order valence-electron chi connectivity index (χ3n) is 4.23. The molecule has 0 aliphatic rings. The fraction of sp³-hybridized carbons (Fsp3) is 0.333. The lowest BCUT2D eigenvalue weighted by molar-refractivity contribution is -0.119. The minimum Gasteiger partial charge on any atom is -0.494 e. The van der Waals surface area contributed by atoms with Crippen molar-refractivity contribution >= 4 is 23.2 Å². The lowest BCUT2D eigenvalue weighted by Crippen LogP contribution is -2.21. The van der Waals surface area contributed by atoms with Gasteiger partial charge in [0.05, 0.1) is 25.6 Å². The number of rotatable bonds is 8. The standard InChI is InChI=1S/C21H26N2O4/c1-5-9-14(2)20(24)22-16-12-19(27-4)17(13-18(16)26-3)23-21(25)15-10-7-6-8-11-15/h6-8,10-14H,5,9H2,1-4H3,(H,22,24)(H,23,25). The van der Waals surface area contributed by atoms with Gasteiger partial charge in [-0.1, -0.05) is 38.5 Å². The molecule has 1 atom stereocenters. The first kappa shape index (κ1) is 20.3. The van der Waals surface area contributed by atoms with Crippen molar-refractivity contribution < 1.29 is 19.1 Å². The van der Waals surface area contributed by atoms with Crippen LogP contribution in [0.3, 0.4) is 0 Å². The Balaban J connectivity index is 2.27. The van der Waals surface area contributed by atoms with Gasteiger partial charge in [0, 0.05) is 23.6 Å². The second kappa shape index (κ2) is 9.62. The second-order valence-corrected chi connectivity index (χ2v) is 6.25. The Morgan fingerprint density at radius 1 is 0.963 bits per heavy atom. The molecular formula is C21H26N2O4. The molecule has 6 heteroatoms. The lowest BCUT2D eigenvalue weighted by atomic mass is 10.1. The van der Waals surface area contributed by atoms with Crippen LogP contribution in [0.15, 0.2) is 42.5 Å². The molecule has 6 nitrogen and oxygen atoms in total. The molecule has 0 fully saturated rings. The number of amides is 2. The van der Waals surface area contributed by atoms with Gasteiger partial charge in [-0.2, -0.15) is 0 Å². The van der Waals surface area contributed by atoms with Crippen LogP contribution in [-0.2, 0) is 4.79 Å². The van der Waals surface area contributed by atoms with Crippen molar-refractivity contribution in [3.63, 3.8) is 0 Å². The summed E-state index contributed by atoms with van der Waals surface area (Å²) in [5.74, 6) is 0.417. The van der Waals surface area contributed by atoms with E-state index in [2.05, 4.69) is 10.6 Å². The van der Waals surface area contributed by atoms with Crippen molar-refractivity contribution in [1.82, 2.24) is 0 Å². The molecule has 144 valence electrons. The van der Waals surface area contributed by atoms with Crippen molar-refractivity contribution in [3.8, 4) is 11.5 Å². The van der Waals surface area contributed by atoms with Crippen LogP contribution in [0.25, 0.3) is 0 Å². The average molecular weight is 370 g/mol. The van der Waals surface area contributed by atoms with Gasteiger partial charge in [0.1, 0.15) is 11.5 Å². The number of anilines is 2. The molecule has 2 amide bonds. The summed E-state index contributed by atoms with van der Waals surface area (Å²) in [5.41, 5.74) is 1.49. The van der Waals surface area contributed by atoms with E-state index in [0.717, 1.165) is 12.8 Å². The van der Waals surface area contributed by atoms with Crippen LogP contribution in [0, 0.1) is 5.92 Å². The van der Waals surface area contributed by atoms with Crippen LogP contribution < -0.4 is 20.1 Å². The molecule has 2 N–H and O–H groups in total. The van der Waals surface area contributed by atoms with Crippen molar-refractivity contribution in [2.75, 3.05) is 24.9 Å². The summed E-state index contributed by atoms with van der Waals surface area (Å²) in [6.45, 7) is 3.93. The summed E-state index contributed by atoms with van der Waals surface area (Å²) in [6, 6.07) is 12.2. The number of ether oxygens (including phenoxy) is 2. The summed E-state index contributed by atoms with van der Waals surface area (Å²) in [6.07, 6.45) is 1.73. The number of carbonyl (C=O) groups excluding carboxylic acids is 2. The number of methoxy groups -OCH3 is 2. The van der Waals surface area contributed by atoms with Crippen molar-refractivity contribution in [1.29, 1.82) is 0 Å². The molecule has 1 unspecified atom stereocenters. The van der Waals surface area contributed by atoms with Gasteiger partial charge in [-0.3, -0.25) is 9.59 Å². The SMILES string of the molecule is CCCC(C)C(=O)Nc1cc(OC)c(NC(=O)c2ccccc2)cc1OC. The smallest absolute Gasteiger partial charge is 0.255 e. The second-order valence-electron chi connectivity index (χ2n) is 6.25. The van der Waals surface area contributed by atoms with Gasteiger partial charge in [0.15, 0.2) is 0 Å². The molecule has 0 saturated heterocycles. The van der Waals surface area contributed by atoms with Gasteiger partial charge in [0.25, 0.3) is 5.91 Å². The van der Waals surface area contributed by atoms with E-state index in [4.69, 9.17) is 9.47 Å². The number of hydrogen-bond acceptors (Lipinski definition) is 4. The van der Waals surface area contributed by atoms with Crippen LogP contribution in [-0.4, -0.2) is 26.0 Å². The minimum absolute atomic E-state index is 0.0849. The molecule has 2 aromatic rings. The predicted molar refractivity (Wildman–Crippen MR) is 107 cm³/mol. The van der Waals surface area contributed by atoms with Gasteiger partial charge in [-0.25, -0.2) is 0 Å².